The summed E-state index contributed by atoms with van der Waals surface area (Å²) < 4.78 is 32.3. The Hall–Kier alpha value is -2.30. The van der Waals surface area contributed by atoms with Crippen molar-refractivity contribution in [3.05, 3.63) is 57.5 Å². The molecule has 37 heavy (non-hydrogen) atoms. The van der Waals surface area contributed by atoms with Gasteiger partial charge in [-0.05, 0) is 62.6 Å². The molecule has 11 heteroatoms. The summed E-state index contributed by atoms with van der Waals surface area (Å²) in [5, 5.41) is 3.22. The first kappa shape index (κ1) is 30.9. The Morgan fingerprint density at radius 3 is 2.32 bits per heavy atom. The number of ether oxygens (including phenoxy) is 1. The van der Waals surface area contributed by atoms with Gasteiger partial charge in [-0.25, -0.2) is 8.42 Å². The lowest BCUT2D eigenvalue weighted by Crippen LogP contribution is -2.49. The van der Waals surface area contributed by atoms with Crippen LogP contribution >= 0.6 is 27.5 Å². The van der Waals surface area contributed by atoms with Crippen molar-refractivity contribution >= 4 is 55.1 Å². The Labute approximate surface area is 233 Å². The molecule has 2 aromatic carbocycles. The van der Waals surface area contributed by atoms with Crippen LogP contribution in [-0.2, 0) is 26.2 Å². The number of anilines is 1. The highest BCUT2D eigenvalue weighted by atomic mass is 79.9. The average molecular weight is 617 g/mol. The molecule has 0 spiro atoms. The van der Waals surface area contributed by atoms with Gasteiger partial charge in [0.15, 0.2) is 0 Å². The number of benzene rings is 2. The van der Waals surface area contributed by atoms with E-state index in [1.165, 1.54) is 22.4 Å². The molecule has 204 valence electrons. The minimum atomic E-state index is -3.63. The van der Waals surface area contributed by atoms with Crippen molar-refractivity contribution < 1.29 is 22.7 Å². The number of hydrogen-bond donors (Lipinski definition) is 1. The summed E-state index contributed by atoms with van der Waals surface area (Å²) in [4.78, 5) is 27.8. The van der Waals surface area contributed by atoms with Crippen LogP contribution in [0.15, 0.2) is 46.9 Å². The molecular weight excluding hydrogens is 582 g/mol. The summed E-state index contributed by atoms with van der Waals surface area (Å²) in [6.07, 6.45) is 2.20. The molecule has 0 aliphatic carbocycles. The van der Waals surface area contributed by atoms with Crippen molar-refractivity contribution in [2.75, 3.05) is 24.2 Å². The molecule has 0 fully saturated rings. The zero-order valence-electron chi connectivity index (χ0n) is 21.8. The molecule has 8 nitrogen and oxygen atoms in total. The van der Waals surface area contributed by atoms with E-state index in [-0.39, 0.29) is 48.8 Å². The fourth-order valence-electron chi connectivity index (χ4n) is 3.65. The third kappa shape index (κ3) is 9.19. The van der Waals surface area contributed by atoms with Crippen molar-refractivity contribution in [2.24, 2.45) is 0 Å². The second kappa shape index (κ2) is 14.0. The number of carbonyl (C=O) groups excluding carboxylic acids is 2. The number of nitrogens with zero attached hydrogens (tertiary/aromatic N) is 2. The van der Waals surface area contributed by atoms with E-state index in [0.29, 0.717) is 11.4 Å². The van der Waals surface area contributed by atoms with Crippen LogP contribution in [0.3, 0.4) is 0 Å². The molecule has 0 aromatic heterocycles. The molecule has 0 bridgehead atoms. The lowest BCUT2D eigenvalue weighted by atomic mass is 10.1. The summed E-state index contributed by atoms with van der Waals surface area (Å²) >= 11 is 9.61. The quantitative estimate of drug-likeness (QED) is 0.342. The maximum atomic E-state index is 13.4. The van der Waals surface area contributed by atoms with Crippen LogP contribution in [-0.4, -0.2) is 57.1 Å². The van der Waals surface area contributed by atoms with Gasteiger partial charge < -0.3 is 15.0 Å². The fraction of sp³-hybridized carbons (Fsp3) is 0.462. The third-order valence-electron chi connectivity index (χ3n) is 6.01. The number of hydrogen-bond acceptors (Lipinski definition) is 5. The number of amides is 2. The summed E-state index contributed by atoms with van der Waals surface area (Å²) in [7, 11) is -2.15. The Kier molecular flexibility index (Phi) is 11.7. The highest BCUT2D eigenvalue weighted by Gasteiger charge is 2.27. The molecule has 2 unspecified atom stereocenters. The summed E-state index contributed by atoms with van der Waals surface area (Å²) in [5.74, 6) is -0.0383. The van der Waals surface area contributed by atoms with E-state index in [4.69, 9.17) is 16.3 Å². The van der Waals surface area contributed by atoms with E-state index in [2.05, 4.69) is 21.2 Å². The van der Waals surface area contributed by atoms with Crippen molar-refractivity contribution in [1.29, 1.82) is 0 Å². The van der Waals surface area contributed by atoms with Gasteiger partial charge in [-0.3, -0.25) is 13.9 Å². The largest absolute Gasteiger partial charge is 0.495 e. The zero-order chi connectivity index (χ0) is 27.8. The summed E-state index contributed by atoms with van der Waals surface area (Å²) in [6.45, 7) is 5.93. The molecular formula is C26H35BrClN3O5S. The van der Waals surface area contributed by atoms with Gasteiger partial charge >= 0.3 is 0 Å². The van der Waals surface area contributed by atoms with Gasteiger partial charge in [-0.1, -0.05) is 46.6 Å². The molecule has 0 radical (unpaired) electrons. The first-order valence-electron chi connectivity index (χ1n) is 12.0. The molecule has 0 aliphatic heterocycles. The first-order valence-corrected chi connectivity index (χ1v) is 15.0. The number of methoxy groups -OCH3 is 1. The molecule has 0 saturated heterocycles. The Balaban J connectivity index is 2.19. The van der Waals surface area contributed by atoms with Crippen molar-refractivity contribution in [1.82, 2.24) is 10.2 Å². The normalized spacial score (nSPS) is 12.9. The third-order valence-corrected chi connectivity index (χ3v) is 8.03. The zero-order valence-corrected chi connectivity index (χ0v) is 25.0. The van der Waals surface area contributed by atoms with Crippen molar-refractivity contribution in [3.8, 4) is 5.75 Å². The monoisotopic (exact) mass is 615 g/mol. The van der Waals surface area contributed by atoms with Gasteiger partial charge in [-0.15, -0.1) is 0 Å². The summed E-state index contributed by atoms with van der Waals surface area (Å²) in [6, 6.07) is 11.6. The number of halogens is 2. The Bertz CT molecular complexity index is 1180. The molecule has 1 N–H and O–H groups in total. The van der Waals surface area contributed by atoms with Gasteiger partial charge in [0.2, 0.25) is 21.8 Å². The fourth-order valence-corrected chi connectivity index (χ4v) is 5.12. The highest BCUT2D eigenvalue weighted by Crippen LogP contribution is 2.30. The predicted octanol–water partition coefficient (Wildman–Crippen LogP) is 4.99. The van der Waals surface area contributed by atoms with Crippen LogP contribution < -0.4 is 14.4 Å². The van der Waals surface area contributed by atoms with Gasteiger partial charge in [0, 0.05) is 30.0 Å². The van der Waals surface area contributed by atoms with Gasteiger partial charge in [-0.2, -0.15) is 0 Å². The molecule has 2 aromatic rings. The second-order valence-electron chi connectivity index (χ2n) is 8.90. The lowest BCUT2D eigenvalue weighted by Gasteiger charge is -2.30. The van der Waals surface area contributed by atoms with Gasteiger partial charge in [0.1, 0.15) is 11.8 Å². The number of carbonyl (C=O) groups is 2. The van der Waals surface area contributed by atoms with Crippen LogP contribution in [0, 0.1) is 0 Å². The topological polar surface area (TPSA) is 96.0 Å². The van der Waals surface area contributed by atoms with Crippen molar-refractivity contribution in [2.45, 2.75) is 58.7 Å². The van der Waals surface area contributed by atoms with E-state index in [1.807, 2.05) is 38.1 Å². The standard InChI is InChI=1S/C26H35BrClN3O5S/c1-6-18(2)29-26(33)19(3)30(17-20-9-11-21(27)12-10-20)25(32)8-7-15-31(37(5,34)35)22-13-14-24(36-4)23(28)16-22/h9-14,16,18-19H,6-8,15,17H2,1-5H3,(H,29,33). The molecule has 0 saturated carbocycles. The highest BCUT2D eigenvalue weighted by molar-refractivity contribution is 9.10. The van der Waals surface area contributed by atoms with Crippen LogP contribution in [0.2, 0.25) is 5.02 Å². The Morgan fingerprint density at radius 1 is 1.14 bits per heavy atom. The molecule has 0 aliphatic rings. The van der Waals surface area contributed by atoms with Gasteiger partial charge in [0.25, 0.3) is 0 Å². The maximum absolute atomic E-state index is 13.4. The van der Waals surface area contributed by atoms with E-state index in [0.717, 1.165) is 22.7 Å². The smallest absolute Gasteiger partial charge is 0.242 e. The molecule has 2 rings (SSSR count). The van der Waals surface area contributed by atoms with E-state index >= 15 is 0 Å². The van der Waals surface area contributed by atoms with E-state index in [9.17, 15) is 18.0 Å². The number of rotatable bonds is 13. The predicted molar refractivity (Wildman–Crippen MR) is 151 cm³/mol. The van der Waals surface area contributed by atoms with Crippen LogP contribution in [0.5, 0.6) is 5.75 Å². The van der Waals surface area contributed by atoms with E-state index < -0.39 is 16.1 Å². The van der Waals surface area contributed by atoms with Crippen molar-refractivity contribution in [3.63, 3.8) is 0 Å². The number of nitrogens with one attached hydrogen (secondary N) is 1. The number of sulfonamides is 1. The minimum Gasteiger partial charge on any atom is -0.495 e. The van der Waals surface area contributed by atoms with Crippen LogP contribution in [0.25, 0.3) is 0 Å². The maximum Gasteiger partial charge on any atom is 0.242 e. The average Bonchev–Trinajstić information content (AvgIpc) is 2.84. The van der Waals surface area contributed by atoms with E-state index in [1.54, 1.807) is 19.1 Å². The molecule has 2 atom stereocenters. The lowest BCUT2D eigenvalue weighted by molar-refractivity contribution is -0.140. The first-order chi connectivity index (χ1) is 17.4. The Morgan fingerprint density at radius 2 is 1.78 bits per heavy atom. The minimum absolute atomic E-state index is 0.0146. The summed E-state index contributed by atoms with van der Waals surface area (Å²) in [5.41, 5.74) is 1.26. The SMILES string of the molecule is CCC(C)NC(=O)C(C)N(Cc1ccc(Br)cc1)C(=O)CCCN(c1ccc(OC)c(Cl)c1)S(C)(=O)=O. The molecule has 0 heterocycles. The van der Waals surface area contributed by atoms with Gasteiger partial charge in [0.05, 0.1) is 24.1 Å². The second-order valence-corrected chi connectivity index (χ2v) is 12.1. The van der Waals surface area contributed by atoms with Crippen LogP contribution in [0.1, 0.15) is 45.6 Å². The van der Waals surface area contributed by atoms with Crippen LogP contribution in [0.4, 0.5) is 5.69 Å². The molecule has 2 amide bonds.